The van der Waals surface area contributed by atoms with Crippen LogP contribution < -0.4 is 0 Å². The first-order valence-corrected chi connectivity index (χ1v) is 5.18. The van der Waals surface area contributed by atoms with E-state index in [0.717, 1.165) is 12.8 Å². The number of ether oxygens (including phenoxy) is 1. The van der Waals surface area contributed by atoms with Gasteiger partial charge in [-0.2, -0.15) is 0 Å². The quantitative estimate of drug-likeness (QED) is 0.292. The fourth-order valence-electron chi connectivity index (χ4n) is 0.991. The van der Waals surface area contributed by atoms with E-state index in [1.807, 2.05) is 6.92 Å². The maximum Gasteiger partial charge on any atom is 0.303 e. The van der Waals surface area contributed by atoms with Gasteiger partial charge in [0, 0.05) is 13.3 Å². The Bertz CT molecular complexity index is 204. The molecule has 0 radical (unpaired) electrons. The van der Waals surface area contributed by atoms with E-state index >= 15 is 0 Å². The molecule has 0 atom stereocenters. The van der Waals surface area contributed by atoms with E-state index < -0.39 is 5.97 Å². The second-order valence-corrected chi connectivity index (χ2v) is 3.08. The van der Waals surface area contributed by atoms with Gasteiger partial charge in [0.2, 0.25) is 5.90 Å². The highest BCUT2D eigenvalue weighted by atomic mass is 16.6. The van der Waals surface area contributed by atoms with Gasteiger partial charge in [0.05, 0.1) is 6.61 Å². The van der Waals surface area contributed by atoms with Crippen LogP contribution in [0.15, 0.2) is 5.16 Å². The van der Waals surface area contributed by atoms with Gasteiger partial charge in [-0.3, -0.25) is 4.79 Å². The van der Waals surface area contributed by atoms with Crippen molar-refractivity contribution in [2.24, 2.45) is 5.16 Å². The van der Waals surface area contributed by atoms with Crippen molar-refractivity contribution < 1.29 is 19.5 Å². The largest absolute Gasteiger partial charge is 0.481 e. The van der Waals surface area contributed by atoms with E-state index in [4.69, 9.17) is 14.7 Å². The Hall–Kier alpha value is -1.26. The predicted octanol–water partition coefficient (Wildman–Crippen LogP) is 2.02. The number of hydrogen-bond donors (Lipinski definition) is 1. The molecule has 0 aliphatic carbocycles. The van der Waals surface area contributed by atoms with Gasteiger partial charge in [-0.1, -0.05) is 5.16 Å². The molecule has 0 aromatic rings. The molecule has 0 aliphatic rings. The number of oxime groups is 1. The van der Waals surface area contributed by atoms with Crippen molar-refractivity contribution >= 4 is 11.9 Å². The van der Waals surface area contributed by atoms with Crippen LogP contribution in [0, 0.1) is 0 Å². The minimum atomic E-state index is -0.749. The monoisotopic (exact) mass is 217 g/mol. The molecule has 0 rings (SSSR count). The lowest BCUT2D eigenvalue weighted by Crippen LogP contribution is -2.00. The summed E-state index contributed by atoms with van der Waals surface area (Å²) in [6.45, 7) is 4.69. The molecular weight excluding hydrogens is 198 g/mol. The molecular formula is C10H19NO4. The number of carbonyl (C=O) groups is 1. The minimum Gasteiger partial charge on any atom is -0.481 e. The third kappa shape index (κ3) is 10.7. The van der Waals surface area contributed by atoms with Crippen LogP contribution in [-0.2, 0) is 14.4 Å². The molecule has 0 heterocycles. The molecule has 1 N–H and O–H groups in total. The SMILES string of the molecule is CCO/C(C)=N\OCCCCCC(=O)O. The lowest BCUT2D eigenvalue weighted by molar-refractivity contribution is -0.137. The van der Waals surface area contributed by atoms with Crippen LogP contribution in [-0.4, -0.2) is 30.2 Å². The summed E-state index contributed by atoms with van der Waals surface area (Å²) in [6.07, 6.45) is 2.57. The van der Waals surface area contributed by atoms with Crippen molar-refractivity contribution in [3.63, 3.8) is 0 Å². The Labute approximate surface area is 90.1 Å². The van der Waals surface area contributed by atoms with Gasteiger partial charge in [0.15, 0.2) is 0 Å². The number of rotatable bonds is 8. The van der Waals surface area contributed by atoms with Gasteiger partial charge >= 0.3 is 5.97 Å². The topological polar surface area (TPSA) is 68.1 Å². The van der Waals surface area contributed by atoms with Gasteiger partial charge in [0.1, 0.15) is 6.61 Å². The van der Waals surface area contributed by atoms with Crippen LogP contribution in [0.5, 0.6) is 0 Å². The fraction of sp³-hybridized carbons (Fsp3) is 0.800. The van der Waals surface area contributed by atoms with Crippen molar-refractivity contribution in [3.8, 4) is 0 Å². The summed E-state index contributed by atoms with van der Waals surface area (Å²) < 4.78 is 5.05. The van der Waals surface area contributed by atoms with Gasteiger partial charge in [-0.25, -0.2) is 0 Å². The molecule has 0 aliphatic heterocycles. The molecule has 0 amide bonds. The first kappa shape index (κ1) is 13.7. The molecule has 88 valence electrons. The fourth-order valence-corrected chi connectivity index (χ4v) is 0.991. The molecule has 0 bridgehead atoms. The highest BCUT2D eigenvalue weighted by Crippen LogP contribution is 2.00. The zero-order valence-electron chi connectivity index (χ0n) is 9.36. The summed E-state index contributed by atoms with van der Waals surface area (Å²) in [5.41, 5.74) is 0. The van der Waals surface area contributed by atoms with E-state index in [1.54, 1.807) is 6.92 Å². The Morgan fingerprint density at radius 1 is 1.33 bits per heavy atom. The number of hydrogen-bond acceptors (Lipinski definition) is 4. The summed E-state index contributed by atoms with van der Waals surface area (Å²) in [5.74, 6) is -0.232. The second-order valence-electron chi connectivity index (χ2n) is 3.08. The van der Waals surface area contributed by atoms with Crippen LogP contribution in [0.1, 0.15) is 39.5 Å². The molecule has 5 nitrogen and oxygen atoms in total. The lowest BCUT2D eigenvalue weighted by Gasteiger charge is -2.02. The van der Waals surface area contributed by atoms with Crippen molar-refractivity contribution in [1.82, 2.24) is 0 Å². The van der Waals surface area contributed by atoms with E-state index in [1.165, 1.54) is 0 Å². The molecule has 0 saturated heterocycles. The standard InChI is InChI=1S/C10H19NO4/c1-3-14-9(2)11-15-8-6-4-5-7-10(12)13/h3-8H2,1-2H3,(H,12,13)/b11-9-. The smallest absolute Gasteiger partial charge is 0.303 e. The number of nitrogens with zero attached hydrogens (tertiary/aromatic N) is 1. The normalized spacial score (nSPS) is 11.2. The van der Waals surface area contributed by atoms with Crippen molar-refractivity contribution in [2.45, 2.75) is 39.5 Å². The highest BCUT2D eigenvalue weighted by molar-refractivity contribution is 5.72. The third-order valence-corrected chi connectivity index (χ3v) is 1.67. The first-order chi connectivity index (χ1) is 7.16. The van der Waals surface area contributed by atoms with Crippen molar-refractivity contribution in [1.29, 1.82) is 0 Å². The average molecular weight is 217 g/mol. The molecule has 0 saturated carbocycles. The van der Waals surface area contributed by atoms with Gasteiger partial charge in [-0.15, -0.1) is 0 Å². The predicted molar refractivity (Wildman–Crippen MR) is 56.8 cm³/mol. The lowest BCUT2D eigenvalue weighted by atomic mass is 10.2. The molecule has 0 aromatic carbocycles. The maximum atomic E-state index is 10.2. The second kappa shape index (κ2) is 9.30. The summed E-state index contributed by atoms with van der Waals surface area (Å²) in [4.78, 5) is 15.2. The summed E-state index contributed by atoms with van der Waals surface area (Å²) in [5, 5.41) is 12.1. The summed E-state index contributed by atoms with van der Waals surface area (Å²) in [6, 6.07) is 0. The molecule has 0 spiro atoms. The van der Waals surface area contributed by atoms with Crippen molar-refractivity contribution in [3.05, 3.63) is 0 Å². The molecule has 0 unspecified atom stereocenters. The van der Waals surface area contributed by atoms with Crippen LogP contribution in [0.25, 0.3) is 0 Å². The Morgan fingerprint density at radius 3 is 2.67 bits per heavy atom. The van der Waals surface area contributed by atoms with Crippen LogP contribution in [0.2, 0.25) is 0 Å². The molecule has 0 fully saturated rings. The Balaban J connectivity index is 3.24. The third-order valence-electron chi connectivity index (χ3n) is 1.67. The Kier molecular flexibility index (Phi) is 8.52. The van der Waals surface area contributed by atoms with Gasteiger partial charge < -0.3 is 14.7 Å². The van der Waals surface area contributed by atoms with Crippen molar-refractivity contribution in [2.75, 3.05) is 13.2 Å². The number of carboxylic acid groups (broad SMARTS) is 1. The van der Waals surface area contributed by atoms with Crippen LogP contribution in [0.4, 0.5) is 0 Å². The van der Waals surface area contributed by atoms with E-state index in [0.29, 0.717) is 25.5 Å². The van der Waals surface area contributed by atoms with E-state index in [-0.39, 0.29) is 6.42 Å². The van der Waals surface area contributed by atoms with E-state index in [9.17, 15) is 4.79 Å². The molecule has 0 aromatic heterocycles. The Morgan fingerprint density at radius 2 is 2.07 bits per heavy atom. The zero-order valence-corrected chi connectivity index (χ0v) is 9.36. The zero-order chi connectivity index (χ0) is 11.5. The number of carboxylic acids is 1. The maximum absolute atomic E-state index is 10.2. The number of aliphatic carboxylic acids is 1. The summed E-state index contributed by atoms with van der Waals surface area (Å²) in [7, 11) is 0. The van der Waals surface area contributed by atoms with Crippen LogP contribution in [0.3, 0.4) is 0 Å². The molecule has 5 heteroatoms. The van der Waals surface area contributed by atoms with Gasteiger partial charge in [-0.05, 0) is 26.2 Å². The van der Waals surface area contributed by atoms with E-state index in [2.05, 4.69) is 5.16 Å². The first-order valence-electron chi connectivity index (χ1n) is 5.18. The van der Waals surface area contributed by atoms with Crippen LogP contribution >= 0.6 is 0 Å². The van der Waals surface area contributed by atoms with Gasteiger partial charge in [0.25, 0.3) is 0 Å². The number of unbranched alkanes of at least 4 members (excludes halogenated alkanes) is 2. The average Bonchev–Trinajstić information content (AvgIpc) is 2.16. The highest BCUT2D eigenvalue weighted by Gasteiger charge is 1.96. The minimum absolute atomic E-state index is 0.223. The molecule has 15 heavy (non-hydrogen) atoms. The summed E-state index contributed by atoms with van der Waals surface area (Å²) >= 11 is 0.